The first-order valence-electron chi connectivity index (χ1n) is 5.87. The molecule has 0 aromatic heterocycles. The van der Waals surface area contributed by atoms with Gasteiger partial charge in [-0.2, -0.15) is 0 Å². The Balaban J connectivity index is 2.22. The van der Waals surface area contributed by atoms with Gasteiger partial charge in [0.25, 0.3) is 0 Å². The highest BCUT2D eigenvalue weighted by molar-refractivity contribution is 5.40. The van der Waals surface area contributed by atoms with Crippen molar-refractivity contribution in [3.63, 3.8) is 0 Å². The number of hydrogen-bond acceptors (Lipinski definition) is 3. The summed E-state index contributed by atoms with van der Waals surface area (Å²) in [6.07, 6.45) is 0. The van der Waals surface area contributed by atoms with Crippen molar-refractivity contribution in [2.45, 2.75) is 13.0 Å². The minimum atomic E-state index is -0.0561. The average molecular weight is 243 g/mol. The van der Waals surface area contributed by atoms with Crippen molar-refractivity contribution >= 4 is 0 Å². The zero-order chi connectivity index (χ0) is 13.0. The van der Waals surface area contributed by atoms with Gasteiger partial charge in [-0.05, 0) is 37.3 Å². The lowest BCUT2D eigenvalue weighted by Crippen LogP contribution is -2.06. The highest BCUT2D eigenvalue weighted by Gasteiger charge is 2.07. The van der Waals surface area contributed by atoms with Crippen LogP contribution in [0.25, 0.3) is 0 Å². The summed E-state index contributed by atoms with van der Waals surface area (Å²) in [5.41, 5.74) is 6.91. The van der Waals surface area contributed by atoms with E-state index in [1.54, 1.807) is 7.11 Å². The van der Waals surface area contributed by atoms with Crippen LogP contribution in [0, 0.1) is 0 Å². The number of hydrogen-bond donors (Lipinski definition) is 1. The van der Waals surface area contributed by atoms with Gasteiger partial charge in [0.1, 0.15) is 17.2 Å². The van der Waals surface area contributed by atoms with E-state index in [9.17, 15) is 0 Å². The second kappa shape index (κ2) is 5.56. The molecule has 3 nitrogen and oxygen atoms in total. The summed E-state index contributed by atoms with van der Waals surface area (Å²) >= 11 is 0. The molecule has 3 heteroatoms. The van der Waals surface area contributed by atoms with E-state index in [2.05, 4.69) is 0 Å². The summed E-state index contributed by atoms with van der Waals surface area (Å²) < 4.78 is 10.9. The Labute approximate surface area is 107 Å². The number of methoxy groups -OCH3 is 1. The number of ether oxygens (including phenoxy) is 2. The quantitative estimate of drug-likeness (QED) is 0.893. The molecule has 0 spiro atoms. The first-order chi connectivity index (χ1) is 8.70. The van der Waals surface area contributed by atoms with Crippen LogP contribution < -0.4 is 15.2 Å². The number of benzene rings is 2. The molecule has 18 heavy (non-hydrogen) atoms. The number of rotatable bonds is 4. The molecule has 0 bridgehead atoms. The molecule has 0 saturated carbocycles. The molecular weight excluding hydrogens is 226 g/mol. The van der Waals surface area contributed by atoms with Crippen LogP contribution in [0.5, 0.6) is 17.2 Å². The van der Waals surface area contributed by atoms with Gasteiger partial charge >= 0.3 is 0 Å². The first-order valence-corrected chi connectivity index (χ1v) is 5.87. The fraction of sp³-hybridized carbons (Fsp3) is 0.200. The molecule has 94 valence electrons. The third kappa shape index (κ3) is 2.81. The van der Waals surface area contributed by atoms with Gasteiger partial charge in [-0.25, -0.2) is 0 Å². The fourth-order valence-electron chi connectivity index (χ4n) is 1.72. The van der Waals surface area contributed by atoms with Crippen molar-refractivity contribution in [3.8, 4) is 17.2 Å². The Morgan fingerprint density at radius 2 is 1.56 bits per heavy atom. The van der Waals surface area contributed by atoms with Crippen molar-refractivity contribution in [2.75, 3.05) is 7.11 Å². The largest absolute Gasteiger partial charge is 0.497 e. The lowest BCUT2D eigenvalue weighted by atomic mass is 10.1. The summed E-state index contributed by atoms with van der Waals surface area (Å²) in [6.45, 7) is 1.94. The van der Waals surface area contributed by atoms with E-state index in [0.29, 0.717) is 0 Å². The summed E-state index contributed by atoms with van der Waals surface area (Å²) in [5, 5.41) is 0. The van der Waals surface area contributed by atoms with Crippen LogP contribution in [0.2, 0.25) is 0 Å². The van der Waals surface area contributed by atoms with Gasteiger partial charge in [0.15, 0.2) is 0 Å². The minimum absolute atomic E-state index is 0.0561. The normalized spacial score (nSPS) is 11.9. The van der Waals surface area contributed by atoms with Crippen molar-refractivity contribution in [1.82, 2.24) is 0 Å². The van der Waals surface area contributed by atoms with Gasteiger partial charge in [0, 0.05) is 11.6 Å². The Morgan fingerprint density at radius 1 is 0.944 bits per heavy atom. The van der Waals surface area contributed by atoms with E-state index in [1.165, 1.54) is 0 Å². The predicted octanol–water partition coefficient (Wildman–Crippen LogP) is 3.51. The highest BCUT2D eigenvalue weighted by atomic mass is 16.5. The lowest BCUT2D eigenvalue weighted by molar-refractivity contribution is 0.412. The molecular formula is C15H17NO2. The summed E-state index contributed by atoms with van der Waals surface area (Å²) in [7, 11) is 1.64. The Hall–Kier alpha value is -2.00. The van der Waals surface area contributed by atoms with E-state index in [4.69, 9.17) is 15.2 Å². The van der Waals surface area contributed by atoms with Crippen LogP contribution in [-0.4, -0.2) is 7.11 Å². The molecule has 0 radical (unpaired) electrons. The van der Waals surface area contributed by atoms with Gasteiger partial charge in [-0.3, -0.25) is 0 Å². The zero-order valence-corrected chi connectivity index (χ0v) is 10.6. The Kier molecular flexibility index (Phi) is 3.85. The van der Waals surface area contributed by atoms with Crippen LogP contribution >= 0.6 is 0 Å². The molecule has 0 aliphatic carbocycles. The Bertz CT molecular complexity index is 506. The molecule has 0 aliphatic heterocycles. The van der Waals surface area contributed by atoms with Gasteiger partial charge in [-0.1, -0.05) is 18.2 Å². The average Bonchev–Trinajstić information content (AvgIpc) is 2.40. The smallest absolute Gasteiger partial charge is 0.132 e. The zero-order valence-electron chi connectivity index (χ0n) is 10.6. The summed E-state index contributed by atoms with van der Waals surface area (Å²) in [5.74, 6) is 2.37. The third-order valence-electron chi connectivity index (χ3n) is 2.70. The topological polar surface area (TPSA) is 44.5 Å². The highest BCUT2D eigenvalue weighted by Crippen LogP contribution is 2.29. The van der Waals surface area contributed by atoms with E-state index in [0.717, 1.165) is 22.8 Å². The standard InChI is InChI=1S/C15H17NO2/c1-11(16)14-5-3-4-6-15(14)18-13-9-7-12(17-2)8-10-13/h3-11H,16H2,1-2H3. The minimum Gasteiger partial charge on any atom is -0.497 e. The molecule has 1 atom stereocenters. The van der Waals surface area contributed by atoms with Gasteiger partial charge in [-0.15, -0.1) is 0 Å². The lowest BCUT2D eigenvalue weighted by Gasteiger charge is -2.13. The SMILES string of the molecule is COc1ccc(Oc2ccccc2C(C)N)cc1. The maximum atomic E-state index is 5.91. The van der Waals surface area contributed by atoms with Gasteiger partial charge in [0.05, 0.1) is 7.11 Å². The predicted molar refractivity (Wildman–Crippen MR) is 72.1 cm³/mol. The van der Waals surface area contributed by atoms with Crippen molar-refractivity contribution in [2.24, 2.45) is 5.73 Å². The second-order valence-corrected chi connectivity index (χ2v) is 4.10. The molecule has 1 unspecified atom stereocenters. The van der Waals surface area contributed by atoms with Crippen LogP contribution in [0.4, 0.5) is 0 Å². The maximum Gasteiger partial charge on any atom is 0.132 e. The Morgan fingerprint density at radius 3 is 2.17 bits per heavy atom. The molecule has 0 fully saturated rings. The van der Waals surface area contributed by atoms with E-state index < -0.39 is 0 Å². The van der Waals surface area contributed by atoms with Crippen LogP contribution in [0.15, 0.2) is 48.5 Å². The molecule has 0 aliphatic rings. The molecule has 0 saturated heterocycles. The molecule has 2 rings (SSSR count). The van der Waals surface area contributed by atoms with Crippen molar-refractivity contribution in [3.05, 3.63) is 54.1 Å². The molecule has 2 N–H and O–H groups in total. The first kappa shape index (κ1) is 12.5. The number of nitrogens with two attached hydrogens (primary N) is 1. The number of para-hydroxylation sites is 1. The van der Waals surface area contributed by atoms with Gasteiger partial charge < -0.3 is 15.2 Å². The third-order valence-corrected chi connectivity index (χ3v) is 2.70. The van der Waals surface area contributed by atoms with Crippen LogP contribution in [-0.2, 0) is 0 Å². The van der Waals surface area contributed by atoms with Gasteiger partial charge in [0.2, 0.25) is 0 Å². The van der Waals surface area contributed by atoms with Crippen molar-refractivity contribution < 1.29 is 9.47 Å². The fourth-order valence-corrected chi connectivity index (χ4v) is 1.72. The van der Waals surface area contributed by atoms with E-state index in [-0.39, 0.29) is 6.04 Å². The summed E-state index contributed by atoms with van der Waals surface area (Å²) in [6, 6.07) is 15.2. The monoisotopic (exact) mass is 243 g/mol. The van der Waals surface area contributed by atoms with E-state index in [1.807, 2.05) is 55.5 Å². The van der Waals surface area contributed by atoms with E-state index >= 15 is 0 Å². The van der Waals surface area contributed by atoms with Crippen LogP contribution in [0.3, 0.4) is 0 Å². The molecule has 0 heterocycles. The molecule has 2 aromatic carbocycles. The molecule has 0 amide bonds. The van der Waals surface area contributed by atoms with Crippen molar-refractivity contribution in [1.29, 1.82) is 0 Å². The maximum absolute atomic E-state index is 5.91. The summed E-state index contributed by atoms with van der Waals surface area (Å²) in [4.78, 5) is 0. The second-order valence-electron chi connectivity index (χ2n) is 4.10. The molecule has 2 aromatic rings. The van der Waals surface area contributed by atoms with Crippen LogP contribution in [0.1, 0.15) is 18.5 Å².